The quantitative estimate of drug-likeness (QED) is 0.227. The molecule has 0 bridgehead atoms. The molecule has 0 radical (unpaired) electrons. The van der Waals surface area contributed by atoms with Gasteiger partial charge in [0.2, 0.25) is 0 Å². The van der Waals surface area contributed by atoms with Crippen LogP contribution in [0.25, 0.3) is 10.8 Å². The molecule has 1 aliphatic carbocycles. The predicted molar refractivity (Wildman–Crippen MR) is 118 cm³/mol. The van der Waals surface area contributed by atoms with E-state index in [1.54, 1.807) is 30.3 Å². The van der Waals surface area contributed by atoms with Crippen LogP contribution in [-0.2, 0) is 14.3 Å². The Kier molecular flexibility index (Phi) is 4.35. The number of ketones is 1. The summed E-state index contributed by atoms with van der Waals surface area (Å²) in [6.07, 6.45) is 0.291. The van der Waals surface area contributed by atoms with E-state index in [2.05, 4.69) is 15.9 Å². The number of hydrogen-bond acceptors (Lipinski definition) is 5. The van der Waals surface area contributed by atoms with E-state index in [9.17, 15) is 14.4 Å². The topological polar surface area (TPSA) is 69.7 Å². The van der Waals surface area contributed by atoms with Gasteiger partial charge in [-0.1, -0.05) is 65.3 Å². The molecule has 0 aromatic heterocycles. The van der Waals surface area contributed by atoms with Crippen molar-refractivity contribution in [2.75, 3.05) is 7.11 Å². The number of rotatable bonds is 4. The molecular formula is C25H19BrO5. The molecule has 0 N–H and O–H groups in total. The van der Waals surface area contributed by atoms with Crippen LogP contribution in [0.4, 0.5) is 0 Å². The van der Waals surface area contributed by atoms with Crippen molar-refractivity contribution >= 4 is 44.4 Å². The summed E-state index contributed by atoms with van der Waals surface area (Å²) < 4.78 is 11.6. The van der Waals surface area contributed by atoms with Crippen molar-refractivity contribution in [2.45, 2.75) is 19.3 Å². The third-order valence-corrected chi connectivity index (χ3v) is 7.40. The van der Waals surface area contributed by atoms with E-state index in [0.29, 0.717) is 17.7 Å². The lowest BCUT2D eigenvalue weighted by Crippen LogP contribution is -2.40. The van der Waals surface area contributed by atoms with Gasteiger partial charge in [0.25, 0.3) is 0 Å². The maximum atomic E-state index is 13.9. The lowest BCUT2D eigenvalue weighted by atomic mass is 9.83. The fraction of sp³-hybridized carbons (Fsp3) is 0.240. The summed E-state index contributed by atoms with van der Waals surface area (Å²) in [6.45, 7) is 1.83. The molecule has 3 aromatic rings. The highest BCUT2D eigenvalue weighted by Gasteiger charge is 2.90. The van der Waals surface area contributed by atoms with Crippen molar-refractivity contribution < 1.29 is 23.9 Å². The van der Waals surface area contributed by atoms with Crippen molar-refractivity contribution in [1.82, 2.24) is 0 Å². The van der Waals surface area contributed by atoms with E-state index in [0.717, 1.165) is 20.8 Å². The van der Waals surface area contributed by atoms with Crippen LogP contribution < -0.4 is 4.74 Å². The Labute approximate surface area is 187 Å². The Morgan fingerprint density at radius 1 is 1.06 bits per heavy atom. The van der Waals surface area contributed by atoms with Crippen LogP contribution in [-0.4, -0.2) is 24.8 Å². The first-order valence-corrected chi connectivity index (χ1v) is 10.9. The largest absolute Gasteiger partial charge is 0.468 e. The second-order valence-electron chi connectivity index (χ2n) is 7.98. The van der Waals surface area contributed by atoms with Gasteiger partial charge in [0.1, 0.15) is 5.75 Å². The summed E-state index contributed by atoms with van der Waals surface area (Å²) in [5, 5.41) is 1.82. The Morgan fingerprint density at radius 3 is 2.45 bits per heavy atom. The molecule has 6 heteroatoms. The van der Waals surface area contributed by atoms with E-state index in [1.807, 2.05) is 37.3 Å². The second kappa shape index (κ2) is 6.76. The van der Waals surface area contributed by atoms with Crippen LogP contribution >= 0.6 is 15.9 Å². The average Bonchev–Trinajstić information content (AvgIpc) is 3.44. The summed E-state index contributed by atoms with van der Waals surface area (Å²) in [6, 6.07) is 18.3. The number of esters is 2. The SMILES string of the molecule is CC[C@]1(C(=O)c2ccc(Br)cc2)[C@@H]2c3c(ccc4ccccc34)OC(=O)[C@@]21C(=O)OC. The van der Waals surface area contributed by atoms with E-state index < -0.39 is 28.7 Å². The first kappa shape index (κ1) is 19.9. The van der Waals surface area contributed by atoms with Gasteiger partial charge >= 0.3 is 11.9 Å². The van der Waals surface area contributed by atoms with Gasteiger partial charge < -0.3 is 9.47 Å². The highest BCUT2D eigenvalue weighted by Crippen LogP contribution is 2.80. The van der Waals surface area contributed by atoms with Crippen molar-refractivity contribution in [1.29, 1.82) is 0 Å². The van der Waals surface area contributed by atoms with Crippen molar-refractivity contribution in [3.8, 4) is 5.75 Å². The number of fused-ring (bicyclic) bond motifs is 5. The monoisotopic (exact) mass is 478 g/mol. The molecule has 31 heavy (non-hydrogen) atoms. The molecule has 0 spiro atoms. The van der Waals surface area contributed by atoms with Crippen LogP contribution in [0.2, 0.25) is 0 Å². The highest BCUT2D eigenvalue weighted by molar-refractivity contribution is 9.10. The van der Waals surface area contributed by atoms with Crippen LogP contribution in [0.3, 0.4) is 0 Å². The number of benzene rings is 3. The fourth-order valence-corrected chi connectivity index (χ4v) is 5.76. The third kappa shape index (κ3) is 2.34. The molecule has 2 aliphatic rings. The zero-order chi connectivity index (χ0) is 22.0. The molecule has 3 aromatic carbocycles. The molecule has 0 unspecified atom stereocenters. The van der Waals surface area contributed by atoms with Gasteiger partial charge in [0, 0.05) is 21.5 Å². The molecule has 0 amide bonds. The third-order valence-electron chi connectivity index (χ3n) is 6.87. The minimum atomic E-state index is -1.70. The average molecular weight is 479 g/mol. The lowest BCUT2D eigenvalue weighted by Gasteiger charge is -2.23. The molecule has 1 fully saturated rings. The maximum Gasteiger partial charge on any atom is 0.330 e. The zero-order valence-electron chi connectivity index (χ0n) is 17.0. The number of carbonyl (C=O) groups is 3. The molecule has 1 heterocycles. The first-order valence-electron chi connectivity index (χ1n) is 10.1. The zero-order valence-corrected chi connectivity index (χ0v) is 18.6. The Balaban J connectivity index is 1.81. The number of carbonyl (C=O) groups excluding carboxylic acids is 3. The molecule has 1 aliphatic heterocycles. The minimum Gasteiger partial charge on any atom is -0.468 e. The van der Waals surface area contributed by atoms with Crippen LogP contribution in [0, 0.1) is 10.8 Å². The minimum absolute atomic E-state index is 0.254. The summed E-state index contributed by atoms with van der Waals surface area (Å²) >= 11 is 3.38. The lowest BCUT2D eigenvalue weighted by molar-refractivity contribution is -0.160. The number of hydrogen-bond donors (Lipinski definition) is 0. The van der Waals surface area contributed by atoms with Gasteiger partial charge in [0.15, 0.2) is 11.2 Å². The summed E-state index contributed by atoms with van der Waals surface area (Å²) in [5.74, 6) is -1.97. The van der Waals surface area contributed by atoms with E-state index >= 15 is 0 Å². The molecule has 156 valence electrons. The Hall–Kier alpha value is -2.99. The molecule has 5 rings (SSSR count). The first-order chi connectivity index (χ1) is 14.9. The van der Waals surface area contributed by atoms with Crippen molar-refractivity contribution in [3.05, 3.63) is 76.3 Å². The van der Waals surface area contributed by atoms with Crippen molar-refractivity contribution in [3.63, 3.8) is 0 Å². The summed E-state index contributed by atoms with van der Waals surface area (Å²) in [5.41, 5.74) is -1.81. The van der Waals surface area contributed by atoms with Gasteiger partial charge in [-0.25, -0.2) is 0 Å². The Bertz CT molecular complexity index is 1260. The second-order valence-corrected chi connectivity index (χ2v) is 8.90. The normalized spacial score (nSPS) is 25.9. The highest BCUT2D eigenvalue weighted by atomic mass is 79.9. The van der Waals surface area contributed by atoms with Crippen molar-refractivity contribution in [2.24, 2.45) is 10.8 Å². The van der Waals surface area contributed by atoms with Crippen LogP contribution in [0.5, 0.6) is 5.75 Å². The smallest absolute Gasteiger partial charge is 0.330 e. The maximum absolute atomic E-state index is 13.9. The fourth-order valence-electron chi connectivity index (χ4n) is 5.50. The van der Waals surface area contributed by atoms with Crippen LogP contribution in [0.15, 0.2) is 65.1 Å². The van der Waals surface area contributed by atoms with Gasteiger partial charge in [-0.05, 0) is 35.4 Å². The molecular weight excluding hydrogens is 460 g/mol. The van der Waals surface area contributed by atoms with Gasteiger partial charge in [-0.2, -0.15) is 0 Å². The molecule has 0 saturated heterocycles. The van der Waals surface area contributed by atoms with E-state index in [4.69, 9.17) is 9.47 Å². The predicted octanol–water partition coefficient (Wildman–Crippen LogP) is 5.06. The number of Topliss-reactive ketones (excluding diaryl/α,β-unsaturated/α-hetero) is 1. The summed E-state index contributed by atoms with van der Waals surface area (Å²) in [7, 11) is 1.24. The molecule has 1 saturated carbocycles. The van der Waals surface area contributed by atoms with Gasteiger partial charge in [0.05, 0.1) is 12.5 Å². The van der Waals surface area contributed by atoms with Gasteiger partial charge in [-0.15, -0.1) is 0 Å². The van der Waals surface area contributed by atoms with Crippen LogP contribution in [0.1, 0.15) is 35.2 Å². The summed E-state index contributed by atoms with van der Waals surface area (Å²) in [4.78, 5) is 40.4. The number of ether oxygens (including phenoxy) is 2. The Morgan fingerprint density at radius 2 is 1.77 bits per heavy atom. The number of methoxy groups -OCH3 is 1. The van der Waals surface area contributed by atoms with E-state index in [-0.39, 0.29) is 5.78 Å². The molecule has 3 atom stereocenters. The molecule has 5 nitrogen and oxygen atoms in total. The van der Waals surface area contributed by atoms with Gasteiger partial charge in [-0.3, -0.25) is 14.4 Å². The number of halogens is 1. The van der Waals surface area contributed by atoms with E-state index in [1.165, 1.54) is 7.11 Å². The standard InChI is InChI=1S/C25H19BrO5/c1-3-24(21(27)15-8-11-16(26)12-9-15)20-19-17-7-5-4-6-14(17)10-13-18(19)31-23(29)25(20,24)22(28)30-2/h4-13,20H,3H2,1-2H3/t20-,24+,25-/m0/s1.